The van der Waals surface area contributed by atoms with Crippen molar-refractivity contribution in [1.82, 2.24) is 0 Å². The van der Waals surface area contributed by atoms with Crippen LogP contribution in [0.3, 0.4) is 0 Å². The van der Waals surface area contributed by atoms with E-state index in [9.17, 15) is 5.11 Å². The molecule has 0 fully saturated rings. The van der Waals surface area contributed by atoms with Gasteiger partial charge in [-0.2, -0.15) is 11.8 Å². The van der Waals surface area contributed by atoms with Crippen molar-refractivity contribution in [2.45, 2.75) is 25.9 Å². The van der Waals surface area contributed by atoms with E-state index in [2.05, 4.69) is 13.8 Å². The minimum atomic E-state index is -0.886. The summed E-state index contributed by atoms with van der Waals surface area (Å²) in [5.74, 6) is 2.46. The van der Waals surface area contributed by atoms with Crippen LogP contribution < -0.4 is 5.73 Å². The second-order valence-corrected chi connectivity index (χ2v) is 5.94. The Morgan fingerprint density at radius 2 is 1.94 bits per heavy atom. The lowest BCUT2D eigenvalue weighted by Gasteiger charge is -2.26. The Kier molecular flexibility index (Phi) is 6.03. The lowest BCUT2D eigenvalue weighted by atomic mass is 9.96. The van der Waals surface area contributed by atoms with E-state index >= 15 is 0 Å². The molecule has 17 heavy (non-hydrogen) atoms. The SMILES string of the molecule is CC(C)CCSCC(O)(CN)c1ccccc1. The van der Waals surface area contributed by atoms with Crippen molar-refractivity contribution >= 4 is 11.8 Å². The van der Waals surface area contributed by atoms with Gasteiger partial charge in [0, 0.05) is 12.3 Å². The van der Waals surface area contributed by atoms with Gasteiger partial charge in [0.15, 0.2) is 0 Å². The molecule has 1 aromatic rings. The second kappa shape index (κ2) is 7.04. The van der Waals surface area contributed by atoms with Gasteiger partial charge in [-0.05, 0) is 23.7 Å². The standard InChI is InChI=1S/C14H23NOS/c1-12(2)8-9-17-11-14(16,10-15)13-6-4-3-5-7-13/h3-7,12,16H,8-11,15H2,1-2H3. The number of rotatable bonds is 7. The maximum atomic E-state index is 10.5. The zero-order chi connectivity index (χ0) is 12.7. The van der Waals surface area contributed by atoms with Gasteiger partial charge in [-0.15, -0.1) is 0 Å². The topological polar surface area (TPSA) is 46.2 Å². The van der Waals surface area contributed by atoms with Crippen LogP contribution in [0.25, 0.3) is 0 Å². The molecular weight excluding hydrogens is 230 g/mol. The third kappa shape index (κ3) is 4.70. The number of benzene rings is 1. The molecule has 1 rings (SSSR count). The molecule has 96 valence electrons. The highest BCUT2D eigenvalue weighted by Gasteiger charge is 2.27. The number of aliphatic hydroxyl groups is 1. The lowest BCUT2D eigenvalue weighted by molar-refractivity contribution is 0.0721. The summed E-state index contributed by atoms with van der Waals surface area (Å²) in [7, 11) is 0. The van der Waals surface area contributed by atoms with Gasteiger partial charge < -0.3 is 10.8 Å². The average molecular weight is 253 g/mol. The normalized spacial score (nSPS) is 14.9. The fraction of sp³-hybridized carbons (Fsp3) is 0.571. The van der Waals surface area contributed by atoms with Crippen LogP contribution in [0.15, 0.2) is 30.3 Å². The number of hydrogen-bond donors (Lipinski definition) is 2. The summed E-state index contributed by atoms with van der Waals surface area (Å²) >= 11 is 1.78. The Morgan fingerprint density at radius 1 is 1.29 bits per heavy atom. The molecule has 0 saturated heterocycles. The van der Waals surface area contributed by atoms with Crippen molar-refractivity contribution in [2.24, 2.45) is 11.7 Å². The quantitative estimate of drug-likeness (QED) is 0.734. The van der Waals surface area contributed by atoms with E-state index in [4.69, 9.17) is 5.73 Å². The zero-order valence-corrected chi connectivity index (χ0v) is 11.5. The highest BCUT2D eigenvalue weighted by molar-refractivity contribution is 7.99. The van der Waals surface area contributed by atoms with E-state index in [-0.39, 0.29) is 6.54 Å². The summed E-state index contributed by atoms with van der Waals surface area (Å²) < 4.78 is 0. The van der Waals surface area contributed by atoms with Gasteiger partial charge in [0.1, 0.15) is 5.60 Å². The van der Waals surface area contributed by atoms with Crippen LogP contribution in [0.4, 0.5) is 0 Å². The van der Waals surface area contributed by atoms with Crippen LogP contribution in [-0.4, -0.2) is 23.2 Å². The summed E-state index contributed by atoms with van der Waals surface area (Å²) in [5, 5.41) is 10.5. The first kappa shape index (κ1) is 14.6. The van der Waals surface area contributed by atoms with Crippen molar-refractivity contribution in [3.63, 3.8) is 0 Å². The molecule has 0 aromatic heterocycles. The molecule has 0 aliphatic rings. The molecule has 3 N–H and O–H groups in total. The van der Waals surface area contributed by atoms with E-state index < -0.39 is 5.60 Å². The molecule has 1 atom stereocenters. The van der Waals surface area contributed by atoms with Crippen LogP contribution in [0.1, 0.15) is 25.8 Å². The van der Waals surface area contributed by atoms with E-state index in [0.29, 0.717) is 11.7 Å². The maximum absolute atomic E-state index is 10.5. The van der Waals surface area contributed by atoms with Crippen molar-refractivity contribution in [3.8, 4) is 0 Å². The van der Waals surface area contributed by atoms with Gasteiger partial charge >= 0.3 is 0 Å². The maximum Gasteiger partial charge on any atom is 0.111 e. The predicted octanol–water partition coefficient (Wildman–Crippen LogP) is 2.61. The predicted molar refractivity (Wildman–Crippen MR) is 76.2 cm³/mol. The summed E-state index contributed by atoms with van der Waals surface area (Å²) in [4.78, 5) is 0. The fourth-order valence-electron chi connectivity index (χ4n) is 1.57. The number of hydrogen-bond acceptors (Lipinski definition) is 3. The van der Waals surface area contributed by atoms with Crippen molar-refractivity contribution in [1.29, 1.82) is 0 Å². The lowest BCUT2D eigenvalue weighted by Crippen LogP contribution is -2.37. The Labute approximate surface area is 109 Å². The number of nitrogens with two attached hydrogens (primary N) is 1. The van der Waals surface area contributed by atoms with Gasteiger partial charge in [-0.1, -0.05) is 44.2 Å². The van der Waals surface area contributed by atoms with Crippen molar-refractivity contribution in [3.05, 3.63) is 35.9 Å². The Balaban J connectivity index is 2.52. The molecule has 1 unspecified atom stereocenters. The fourth-order valence-corrected chi connectivity index (χ4v) is 2.97. The average Bonchev–Trinajstić information content (AvgIpc) is 2.35. The monoisotopic (exact) mass is 253 g/mol. The Hall–Kier alpha value is -0.510. The highest BCUT2D eigenvalue weighted by atomic mass is 32.2. The van der Waals surface area contributed by atoms with E-state index in [1.165, 1.54) is 6.42 Å². The van der Waals surface area contributed by atoms with Crippen LogP contribution in [0.5, 0.6) is 0 Å². The molecule has 0 aliphatic carbocycles. The molecule has 0 saturated carbocycles. The van der Waals surface area contributed by atoms with Gasteiger partial charge in [0.2, 0.25) is 0 Å². The van der Waals surface area contributed by atoms with Crippen LogP contribution >= 0.6 is 11.8 Å². The molecule has 0 heterocycles. The smallest absolute Gasteiger partial charge is 0.111 e. The zero-order valence-electron chi connectivity index (χ0n) is 10.7. The summed E-state index contributed by atoms with van der Waals surface area (Å²) in [6.07, 6.45) is 1.18. The summed E-state index contributed by atoms with van der Waals surface area (Å²) in [6, 6.07) is 9.71. The highest BCUT2D eigenvalue weighted by Crippen LogP contribution is 2.25. The Morgan fingerprint density at radius 3 is 2.47 bits per heavy atom. The Bertz CT molecular complexity index is 315. The third-order valence-corrected chi connectivity index (χ3v) is 4.04. The van der Waals surface area contributed by atoms with Crippen molar-refractivity contribution in [2.75, 3.05) is 18.1 Å². The molecule has 0 amide bonds. The molecule has 0 spiro atoms. The molecule has 0 radical (unpaired) electrons. The molecule has 0 bridgehead atoms. The first-order valence-electron chi connectivity index (χ1n) is 6.14. The largest absolute Gasteiger partial charge is 0.383 e. The first-order chi connectivity index (χ1) is 8.08. The van der Waals surface area contributed by atoms with Gasteiger partial charge in [-0.3, -0.25) is 0 Å². The molecule has 1 aromatic carbocycles. The summed E-state index contributed by atoms with van der Waals surface area (Å²) in [6.45, 7) is 4.70. The van der Waals surface area contributed by atoms with E-state index in [0.717, 1.165) is 11.3 Å². The molecule has 3 heteroatoms. The van der Waals surface area contributed by atoms with E-state index in [1.807, 2.05) is 30.3 Å². The van der Waals surface area contributed by atoms with Crippen molar-refractivity contribution < 1.29 is 5.11 Å². The van der Waals surface area contributed by atoms with Crippen LogP contribution in [0.2, 0.25) is 0 Å². The van der Waals surface area contributed by atoms with Gasteiger partial charge in [0.05, 0.1) is 0 Å². The minimum absolute atomic E-state index is 0.270. The third-order valence-electron chi connectivity index (χ3n) is 2.83. The number of thioether (sulfide) groups is 1. The molecular formula is C14H23NOS. The molecule has 2 nitrogen and oxygen atoms in total. The first-order valence-corrected chi connectivity index (χ1v) is 7.29. The molecule has 0 aliphatic heterocycles. The van der Waals surface area contributed by atoms with E-state index in [1.54, 1.807) is 11.8 Å². The minimum Gasteiger partial charge on any atom is -0.383 e. The van der Waals surface area contributed by atoms with Crippen LogP contribution in [0, 0.1) is 5.92 Å². The van der Waals surface area contributed by atoms with Crippen LogP contribution in [-0.2, 0) is 5.60 Å². The second-order valence-electron chi connectivity index (χ2n) is 4.84. The van der Waals surface area contributed by atoms with Gasteiger partial charge in [-0.25, -0.2) is 0 Å². The summed E-state index contributed by atoms with van der Waals surface area (Å²) in [5.41, 5.74) is 5.75. The van der Waals surface area contributed by atoms with Gasteiger partial charge in [0.25, 0.3) is 0 Å².